The van der Waals surface area contributed by atoms with Crippen molar-refractivity contribution in [3.8, 4) is 0 Å². The molecule has 2 aliphatic rings. The van der Waals surface area contributed by atoms with Crippen LogP contribution in [-0.4, -0.2) is 47.1 Å². The topological polar surface area (TPSA) is 15.3 Å². The summed E-state index contributed by atoms with van der Waals surface area (Å²) in [5, 5.41) is 5.23. The van der Waals surface area contributed by atoms with Crippen LogP contribution < -0.4 is 5.32 Å². The molecule has 100 valence electrons. The minimum atomic E-state index is 0.766. The summed E-state index contributed by atoms with van der Waals surface area (Å²) in [6.07, 6.45) is 5.51. The van der Waals surface area contributed by atoms with E-state index in [1.807, 2.05) is 0 Å². The van der Waals surface area contributed by atoms with Gasteiger partial charge in [0.15, 0.2) is 0 Å². The van der Waals surface area contributed by atoms with Gasteiger partial charge in [-0.3, -0.25) is 4.90 Å². The van der Waals surface area contributed by atoms with Gasteiger partial charge in [0.05, 0.1) is 0 Å². The van der Waals surface area contributed by atoms with Crippen LogP contribution in [-0.2, 0) is 0 Å². The van der Waals surface area contributed by atoms with Crippen molar-refractivity contribution in [2.45, 2.75) is 69.0 Å². The largest absolute Gasteiger partial charge is 0.314 e. The summed E-state index contributed by atoms with van der Waals surface area (Å²) in [5.74, 6) is 0. The third kappa shape index (κ3) is 4.80. The molecule has 0 spiro atoms. The van der Waals surface area contributed by atoms with Gasteiger partial charge in [0.2, 0.25) is 0 Å². The second-order valence-corrected chi connectivity index (χ2v) is 7.81. The maximum Gasteiger partial charge on any atom is 0.0149 e. The van der Waals surface area contributed by atoms with Gasteiger partial charge in [-0.25, -0.2) is 0 Å². The minimum Gasteiger partial charge on any atom is -0.314 e. The van der Waals surface area contributed by atoms with Crippen molar-refractivity contribution in [1.29, 1.82) is 0 Å². The van der Waals surface area contributed by atoms with E-state index < -0.39 is 0 Å². The Hall–Kier alpha value is 0.270. The summed E-state index contributed by atoms with van der Waals surface area (Å²) in [7, 11) is 0. The first-order valence-corrected chi connectivity index (χ1v) is 8.22. The number of hydrogen-bond donors (Lipinski definition) is 1. The lowest BCUT2D eigenvalue weighted by atomic mass is 10.1. The quantitative estimate of drug-likeness (QED) is 0.736. The Balaban J connectivity index is 1.61. The predicted molar refractivity (Wildman–Crippen MR) is 77.8 cm³/mol. The van der Waals surface area contributed by atoms with Crippen LogP contribution in [0, 0.1) is 0 Å². The smallest absolute Gasteiger partial charge is 0.0149 e. The van der Waals surface area contributed by atoms with Crippen LogP contribution in [0.15, 0.2) is 0 Å². The summed E-state index contributed by atoms with van der Waals surface area (Å²) in [5.41, 5.74) is 0. The Labute approximate surface area is 111 Å². The van der Waals surface area contributed by atoms with Crippen LogP contribution >= 0.6 is 11.8 Å². The molecule has 1 aliphatic carbocycles. The SMILES string of the molecule is CC1CN(C(C)CCCNC2CC2)CC(C)S1. The zero-order chi connectivity index (χ0) is 12.3. The molecule has 1 heterocycles. The van der Waals surface area contributed by atoms with Crippen LogP contribution in [0.4, 0.5) is 0 Å². The van der Waals surface area contributed by atoms with Crippen molar-refractivity contribution < 1.29 is 0 Å². The van der Waals surface area contributed by atoms with Crippen molar-refractivity contribution in [2.24, 2.45) is 0 Å². The van der Waals surface area contributed by atoms with E-state index in [2.05, 4.69) is 42.7 Å². The monoisotopic (exact) mass is 256 g/mol. The molecule has 2 fully saturated rings. The number of nitrogens with zero attached hydrogens (tertiary/aromatic N) is 1. The highest BCUT2D eigenvalue weighted by molar-refractivity contribution is 8.00. The van der Waals surface area contributed by atoms with Crippen molar-refractivity contribution in [3.05, 3.63) is 0 Å². The number of thioether (sulfide) groups is 1. The van der Waals surface area contributed by atoms with E-state index in [0.717, 1.165) is 22.6 Å². The molecule has 17 heavy (non-hydrogen) atoms. The van der Waals surface area contributed by atoms with Crippen LogP contribution in [0.5, 0.6) is 0 Å². The highest BCUT2D eigenvalue weighted by Crippen LogP contribution is 2.26. The van der Waals surface area contributed by atoms with E-state index in [1.54, 1.807) is 0 Å². The normalized spacial score (nSPS) is 32.6. The first-order valence-electron chi connectivity index (χ1n) is 7.28. The summed E-state index contributed by atoms with van der Waals surface area (Å²) in [4.78, 5) is 2.70. The molecule has 1 aliphatic heterocycles. The Morgan fingerprint density at radius 3 is 2.47 bits per heavy atom. The van der Waals surface area contributed by atoms with E-state index in [4.69, 9.17) is 0 Å². The van der Waals surface area contributed by atoms with Crippen molar-refractivity contribution in [2.75, 3.05) is 19.6 Å². The van der Waals surface area contributed by atoms with Crippen LogP contribution in [0.1, 0.15) is 46.5 Å². The van der Waals surface area contributed by atoms with E-state index in [-0.39, 0.29) is 0 Å². The second kappa shape index (κ2) is 6.44. The third-order valence-corrected chi connectivity index (χ3v) is 5.11. The van der Waals surface area contributed by atoms with E-state index >= 15 is 0 Å². The molecule has 1 saturated carbocycles. The molecule has 3 atom stereocenters. The first-order chi connectivity index (χ1) is 8.15. The molecule has 0 radical (unpaired) electrons. The Kier molecular flexibility index (Phi) is 5.19. The van der Waals surface area contributed by atoms with E-state index in [9.17, 15) is 0 Å². The summed E-state index contributed by atoms with van der Waals surface area (Å²) in [6.45, 7) is 10.9. The second-order valence-electron chi connectivity index (χ2n) is 5.93. The average molecular weight is 256 g/mol. The lowest BCUT2D eigenvalue weighted by Gasteiger charge is -2.38. The molecule has 2 rings (SSSR count). The Bertz CT molecular complexity index is 220. The van der Waals surface area contributed by atoms with Crippen LogP contribution in [0.3, 0.4) is 0 Å². The fourth-order valence-corrected chi connectivity index (χ4v) is 4.10. The van der Waals surface area contributed by atoms with Crippen LogP contribution in [0.2, 0.25) is 0 Å². The molecule has 3 unspecified atom stereocenters. The average Bonchev–Trinajstić information content (AvgIpc) is 3.06. The summed E-state index contributed by atoms with van der Waals surface area (Å²) in [6, 6.07) is 1.64. The van der Waals surface area contributed by atoms with Gasteiger partial charge < -0.3 is 5.32 Å². The molecular weight excluding hydrogens is 228 g/mol. The zero-order valence-electron chi connectivity index (χ0n) is 11.6. The maximum atomic E-state index is 3.61. The minimum absolute atomic E-state index is 0.766. The van der Waals surface area contributed by atoms with Gasteiger partial charge in [-0.2, -0.15) is 11.8 Å². The highest BCUT2D eigenvalue weighted by atomic mass is 32.2. The molecule has 3 heteroatoms. The standard InChI is InChI=1S/C14H28N2S/c1-11(5-4-8-15-14-6-7-14)16-9-12(2)17-13(3)10-16/h11-15H,4-10H2,1-3H3. The molecule has 0 aromatic carbocycles. The molecule has 0 amide bonds. The van der Waals surface area contributed by atoms with Gasteiger partial charge in [-0.05, 0) is 39.2 Å². The fraction of sp³-hybridized carbons (Fsp3) is 1.00. The van der Waals surface area contributed by atoms with Gasteiger partial charge >= 0.3 is 0 Å². The summed E-state index contributed by atoms with van der Waals surface area (Å²) >= 11 is 2.15. The highest BCUT2D eigenvalue weighted by Gasteiger charge is 2.25. The molecule has 1 N–H and O–H groups in total. The fourth-order valence-electron chi connectivity index (χ4n) is 2.75. The van der Waals surface area contributed by atoms with Gasteiger partial charge in [-0.15, -0.1) is 0 Å². The van der Waals surface area contributed by atoms with Crippen molar-refractivity contribution >= 4 is 11.8 Å². The van der Waals surface area contributed by atoms with E-state index in [1.165, 1.54) is 45.3 Å². The van der Waals surface area contributed by atoms with Gasteiger partial charge in [-0.1, -0.05) is 13.8 Å². The molecule has 0 aromatic heterocycles. The van der Waals surface area contributed by atoms with Gasteiger partial charge in [0.1, 0.15) is 0 Å². The van der Waals surface area contributed by atoms with Crippen molar-refractivity contribution in [3.63, 3.8) is 0 Å². The molecule has 1 saturated heterocycles. The predicted octanol–water partition coefficient (Wildman–Crippen LogP) is 2.73. The number of nitrogens with one attached hydrogen (secondary N) is 1. The maximum absolute atomic E-state index is 3.61. The first kappa shape index (κ1) is 13.7. The summed E-state index contributed by atoms with van der Waals surface area (Å²) < 4.78 is 0. The Morgan fingerprint density at radius 2 is 1.88 bits per heavy atom. The number of rotatable bonds is 6. The van der Waals surface area contributed by atoms with Gasteiger partial charge in [0.25, 0.3) is 0 Å². The van der Waals surface area contributed by atoms with E-state index in [0.29, 0.717) is 0 Å². The molecule has 0 aromatic rings. The van der Waals surface area contributed by atoms with Gasteiger partial charge in [0, 0.05) is 35.7 Å². The third-order valence-electron chi connectivity index (χ3n) is 3.88. The molecule has 0 bridgehead atoms. The zero-order valence-corrected chi connectivity index (χ0v) is 12.4. The van der Waals surface area contributed by atoms with Crippen molar-refractivity contribution in [1.82, 2.24) is 10.2 Å². The number of hydrogen-bond acceptors (Lipinski definition) is 3. The lowest BCUT2D eigenvalue weighted by molar-refractivity contribution is 0.195. The Morgan fingerprint density at radius 1 is 1.24 bits per heavy atom. The molecular formula is C14H28N2S. The lowest BCUT2D eigenvalue weighted by Crippen LogP contribution is -2.45. The molecule has 2 nitrogen and oxygen atoms in total. The van der Waals surface area contributed by atoms with Crippen LogP contribution in [0.25, 0.3) is 0 Å².